The molecule has 3 nitrogen and oxygen atoms in total. The Balaban J connectivity index is 2.29. The van der Waals surface area contributed by atoms with Crippen LogP contribution in [0.15, 0.2) is 29.0 Å². The van der Waals surface area contributed by atoms with Crippen molar-refractivity contribution < 1.29 is 8.78 Å². The van der Waals surface area contributed by atoms with Gasteiger partial charge in [-0.1, -0.05) is 13.8 Å². The normalized spacial score (nSPS) is 11.1. The van der Waals surface area contributed by atoms with Crippen molar-refractivity contribution in [3.8, 4) is 0 Å². The predicted octanol–water partition coefficient (Wildman–Crippen LogP) is 4.32. The maximum Gasteiger partial charge on any atom is 0.207 e. The molecule has 0 saturated heterocycles. The van der Waals surface area contributed by atoms with E-state index < -0.39 is 11.6 Å². The monoisotopic (exact) mass is 329 g/mol. The second-order valence-electron chi connectivity index (χ2n) is 4.67. The van der Waals surface area contributed by atoms with Crippen LogP contribution >= 0.6 is 15.9 Å². The predicted molar refractivity (Wildman–Crippen MR) is 74.4 cm³/mol. The van der Waals surface area contributed by atoms with Crippen LogP contribution in [0.1, 0.15) is 13.8 Å². The molecule has 102 valence electrons. The van der Waals surface area contributed by atoms with Crippen molar-refractivity contribution in [2.24, 2.45) is 5.92 Å². The number of nitrogens with one attached hydrogen (secondary N) is 1. The second-order valence-corrected chi connectivity index (χ2v) is 5.52. The van der Waals surface area contributed by atoms with Gasteiger partial charge < -0.3 is 9.88 Å². The second kappa shape index (κ2) is 5.69. The van der Waals surface area contributed by atoms with Gasteiger partial charge >= 0.3 is 0 Å². The van der Waals surface area contributed by atoms with Crippen molar-refractivity contribution in [2.45, 2.75) is 20.4 Å². The van der Waals surface area contributed by atoms with Crippen molar-refractivity contribution >= 4 is 27.6 Å². The zero-order chi connectivity index (χ0) is 14.0. The van der Waals surface area contributed by atoms with Crippen molar-refractivity contribution in [1.82, 2.24) is 9.55 Å². The van der Waals surface area contributed by atoms with Crippen molar-refractivity contribution in [3.63, 3.8) is 0 Å². The molecular formula is C13H14BrF2N3. The smallest absolute Gasteiger partial charge is 0.207 e. The molecule has 1 aromatic heterocycles. The van der Waals surface area contributed by atoms with E-state index in [4.69, 9.17) is 0 Å². The van der Waals surface area contributed by atoms with Gasteiger partial charge in [0, 0.05) is 29.5 Å². The largest absolute Gasteiger partial charge is 0.322 e. The first-order chi connectivity index (χ1) is 8.97. The SMILES string of the molecule is CC(C)Cn1ccnc1Nc1c(F)cc(F)cc1Br. The van der Waals surface area contributed by atoms with Crippen LogP contribution in [0.2, 0.25) is 0 Å². The van der Waals surface area contributed by atoms with Gasteiger partial charge in [0.05, 0.1) is 5.69 Å². The average Bonchev–Trinajstić information content (AvgIpc) is 2.70. The van der Waals surface area contributed by atoms with E-state index in [9.17, 15) is 8.78 Å². The van der Waals surface area contributed by atoms with Crippen LogP contribution < -0.4 is 5.32 Å². The molecular weight excluding hydrogens is 316 g/mol. The third kappa shape index (κ3) is 3.32. The van der Waals surface area contributed by atoms with Gasteiger partial charge in [-0.2, -0.15) is 0 Å². The van der Waals surface area contributed by atoms with Crippen LogP contribution in [0.3, 0.4) is 0 Å². The highest BCUT2D eigenvalue weighted by Gasteiger charge is 2.12. The summed E-state index contributed by atoms with van der Waals surface area (Å²) < 4.78 is 29.0. The highest BCUT2D eigenvalue weighted by molar-refractivity contribution is 9.10. The summed E-state index contributed by atoms with van der Waals surface area (Å²) in [6, 6.07) is 2.05. The maximum absolute atomic E-state index is 13.7. The summed E-state index contributed by atoms with van der Waals surface area (Å²) in [4.78, 5) is 4.14. The highest BCUT2D eigenvalue weighted by atomic mass is 79.9. The number of halogens is 3. The molecule has 0 bridgehead atoms. The third-order valence-electron chi connectivity index (χ3n) is 2.52. The Morgan fingerprint density at radius 2 is 2.11 bits per heavy atom. The number of hydrogen-bond donors (Lipinski definition) is 1. The Kier molecular flexibility index (Phi) is 4.19. The summed E-state index contributed by atoms with van der Waals surface area (Å²) in [5.74, 6) is -0.317. The molecule has 0 aliphatic heterocycles. The minimum absolute atomic E-state index is 0.178. The Morgan fingerprint density at radius 1 is 1.37 bits per heavy atom. The zero-order valence-electron chi connectivity index (χ0n) is 10.6. The quantitative estimate of drug-likeness (QED) is 0.905. The third-order valence-corrected chi connectivity index (χ3v) is 3.15. The molecule has 2 aromatic rings. The molecule has 0 aliphatic carbocycles. The minimum Gasteiger partial charge on any atom is -0.322 e. The van der Waals surface area contributed by atoms with Crippen LogP contribution in [0.25, 0.3) is 0 Å². The maximum atomic E-state index is 13.7. The van der Waals surface area contributed by atoms with Gasteiger partial charge in [0.25, 0.3) is 0 Å². The lowest BCUT2D eigenvalue weighted by atomic mass is 10.2. The van der Waals surface area contributed by atoms with Crippen molar-refractivity contribution in [2.75, 3.05) is 5.32 Å². The Morgan fingerprint density at radius 3 is 2.74 bits per heavy atom. The first-order valence-corrected chi connectivity index (χ1v) is 6.69. The summed E-state index contributed by atoms with van der Waals surface area (Å²) in [5, 5.41) is 2.88. The van der Waals surface area contributed by atoms with Gasteiger partial charge in [-0.15, -0.1) is 0 Å². The molecule has 0 amide bonds. The Hall–Kier alpha value is -1.43. The van der Waals surface area contributed by atoms with E-state index in [1.807, 2.05) is 10.8 Å². The molecule has 19 heavy (non-hydrogen) atoms. The highest BCUT2D eigenvalue weighted by Crippen LogP contribution is 2.29. The van der Waals surface area contributed by atoms with Gasteiger partial charge in [-0.25, -0.2) is 13.8 Å². The van der Waals surface area contributed by atoms with E-state index in [0.29, 0.717) is 16.3 Å². The van der Waals surface area contributed by atoms with Crippen LogP contribution in [-0.2, 0) is 6.54 Å². The first kappa shape index (κ1) is 14.0. The molecule has 2 rings (SSSR count). The van der Waals surface area contributed by atoms with Gasteiger partial charge in [0.15, 0.2) is 5.82 Å². The lowest BCUT2D eigenvalue weighted by Crippen LogP contribution is -2.08. The van der Waals surface area contributed by atoms with Crippen molar-refractivity contribution in [1.29, 1.82) is 0 Å². The topological polar surface area (TPSA) is 29.9 Å². The lowest BCUT2D eigenvalue weighted by molar-refractivity contribution is 0.527. The molecule has 6 heteroatoms. The summed E-state index contributed by atoms with van der Waals surface area (Å²) in [7, 11) is 0. The van der Waals surface area contributed by atoms with Gasteiger partial charge in [-0.05, 0) is 27.9 Å². The van der Waals surface area contributed by atoms with E-state index >= 15 is 0 Å². The number of anilines is 2. The number of aromatic nitrogens is 2. The van der Waals surface area contributed by atoms with E-state index in [2.05, 4.69) is 40.1 Å². The zero-order valence-corrected chi connectivity index (χ0v) is 12.2. The molecule has 1 heterocycles. The first-order valence-electron chi connectivity index (χ1n) is 5.90. The molecule has 1 aromatic carbocycles. The fourth-order valence-electron chi connectivity index (χ4n) is 1.75. The van der Waals surface area contributed by atoms with Crippen LogP contribution in [0.4, 0.5) is 20.4 Å². The van der Waals surface area contributed by atoms with Gasteiger partial charge in [0.1, 0.15) is 5.82 Å². The van der Waals surface area contributed by atoms with Crippen LogP contribution in [0, 0.1) is 17.6 Å². The average molecular weight is 330 g/mol. The Bertz CT molecular complexity index is 558. The fourth-order valence-corrected chi connectivity index (χ4v) is 2.25. The summed E-state index contributed by atoms with van der Waals surface area (Å²) in [6.45, 7) is 4.93. The number of hydrogen-bond acceptors (Lipinski definition) is 2. The van der Waals surface area contributed by atoms with Gasteiger partial charge in [0.2, 0.25) is 5.95 Å². The fraction of sp³-hybridized carbons (Fsp3) is 0.308. The molecule has 0 fully saturated rings. The lowest BCUT2D eigenvalue weighted by Gasteiger charge is -2.13. The molecule has 0 aliphatic rings. The molecule has 0 spiro atoms. The molecule has 0 atom stereocenters. The molecule has 1 N–H and O–H groups in total. The summed E-state index contributed by atoms with van der Waals surface area (Å²) >= 11 is 3.14. The summed E-state index contributed by atoms with van der Waals surface area (Å²) in [6.07, 6.45) is 3.46. The van der Waals surface area contributed by atoms with E-state index in [-0.39, 0.29) is 5.69 Å². The van der Waals surface area contributed by atoms with Gasteiger partial charge in [-0.3, -0.25) is 0 Å². The number of benzene rings is 1. The number of nitrogens with zero attached hydrogens (tertiary/aromatic N) is 2. The molecule has 0 unspecified atom stereocenters. The van der Waals surface area contributed by atoms with Crippen molar-refractivity contribution in [3.05, 3.63) is 40.6 Å². The van der Waals surface area contributed by atoms with Crippen LogP contribution in [-0.4, -0.2) is 9.55 Å². The molecule has 0 radical (unpaired) electrons. The van der Waals surface area contributed by atoms with Crippen LogP contribution in [0.5, 0.6) is 0 Å². The Labute approximate surface area is 118 Å². The van der Waals surface area contributed by atoms with E-state index in [1.54, 1.807) is 6.20 Å². The van der Waals surface area contributed by atoms with E-state index in [1.165, 1.54) is 6.07 Å². The number of rotatable bonds is 4. The minimum atomic E-state index is -0.661. The standard InChI is InChI=1S/C13H14BrF2N3/c1-8(2)7-19-4-3-17-13(19)18-12-10(14)5-9(15)6-11(12)16/h3-6,8H,7H2,1-2H3,(H,17,18). The molecule has 0 saturated carbocycles. The van der Waals surface area contributed by atoms with E-state index in [0.717, 1.165) is 12.6 Å². The number of imidazole rings is 1. The summed E-state index contributed by atoms with van der Waals surface area (Å²) in [5.41, 5.74) is 0.178.